The fourth-order valence-corrected chi connectivity index (χ4v) is 4.55. The summed E-state index contributed by atoms with van der Waals surface area (Å²) in [6, 6.07) is 12.5. The van der Waals surface area contributed by atoms with E-state index in [1.165, 1.54) is 24.9 Å². The lowest BCUT2D eigenvalue weighted by Gasteiger charge is -2.28. The van der Waals surface area contributed by atoms with Crippen molar-refractivity contribution in [2.24, 2.45) is 0 Å². The molecule has 0 radical (unpaired) electrons. The molecule has 0 saturated carbocycles. The van der Waals surface area contributed by atoms with Crippen molar-refractivity contribution in [2.45, 2.75) is 33.1 Å². The van der Waals surface area contributed by atoms with E-state index >= 15 is 0 Å². The van der Waals surface area contributed by atoms with Crippen LogP contribution in [0.2, 0.25) is 0 Å². The summed E-state index contributed by atoms with van der Waals surface area (Å²) < 4.78 is 0. The van der Waals surface area contributed by atoms with Gasteiger partial charge in [0.1, 0.15) is 11.5 Å². The number of pyridine rings is 2. The summed E-state index contributed by atoms with van der Waals surface area (Å²) in [4.78, 5) is 13.6. The predicted octanol–water partition coefficient (Wildman–Crippen LogP) is 6.09. The molecule has 0 unspecified atom stereocenters. The zero-order valence-corrected chi connectivity index (χ0v) is 23.1. The van der Waals surface area contributed by atoms with Crippen molar-refractivity contribution in [1.29, 1.82) is 0 Å². The Morgan fingerprint density at radius 2 is 1.82 bits per heavy atom. The first-order chi connectivity index (χ1) is 18.6. The molecular formula is C30H40N8. The highest BCUT2D eigenvalue weighted by Gasteiger charge is 2.14. The molecule has 8 heteroatoms. The Hall–Kier alpha value is -3.91. The van der Waals surface area contributed by atoms with Crippen molar-refractivity contribution in [3.8, 4) is 11.1 Å². The van der Waals surface area contributed by atoms with Crippen molar-refractivity contribution in [3.05, 3.63) is 67.3 Å². The molecule has 0 amide bonds. The molecule has 8 nitrogen and oxygen atoms in total. The van der Waals surface area contributed by atoms with Gasteiger partial charge in [0.2, 0.25) is 0 Å². The molecular weight excluding hydrogens is 472 g/mol. The minimum Gasteiger partial charge on any atom is -0.370 e. The van der Waals surface area contributed by atoms with Crippen LogP contribution in [-0.2, 0) is 0 Å². The largest absolute Gasteiger partial charge is 0.370 e. The summed E-state index contributed by atoms with van der Waals surface area (Å²) in [5.74, 6) is 0.850. The lowest BCUT2D eigenvalue weighted by atomic mass is 10.0. The third-order valence-corrected chi connectivity index (χ3v) is 6.55. The minimum atomic E-state index is 0.716. The van der Waals surface area contributed by atoms with Crippen LogP contribution in [0.4, 0.5) is 17.2 Å². The van der Waals surface area contributed by atoms with Crippen LogP contribution in [0.3, 0.4) is 0 Å². The Bertz CT molecular complexity index is 1320. The third-order valence-electron chi connectivity index (χ3n) is 6.55. The van der Waals surface area contributed by atoms with Crippen molar-refractivity contribution < 1.29 is 0 Å². The van der Waals surface area contributed by atoms with E-state index in [0.29, 0.717) is 5.70 Å². The van der Waals surface area contributed by atoms with Gasteiger partial charge in [0.25, 0.3) is 0 Å². The molecule has 3 N–H and O–H groups in total. The molecule has 0 bridgehead atoms. The number of aromatic amines is 1. The maximum Gasteiger partial charge on any atom is 0.126 e. The molecule has 0 aliphatic carbocycles. The summed E-state index contributed by atoms with van der Waals surface area (Å²) in [6.07, 6.45) is 9.51. The Morgan fingerprint density at radius 3 is 2.55 bits per heavy atom. The summed E-state index contributed by atoms with van der Waals surface area (Å²) in [7, 11) is 4.11. The van der Waals surface area contributed by atoms with E-state index in [9.17, 15) is 0 Å². The van der Waals surface area contributed by atoms with Gasteiger partial charge in [0, 0.05) is 43.3 Å². The fourth-order valence-electron chi connectivity index (χ4n) is 4.55. The Morgan fingerprint density at radius 1 is 1.00 bits per heavy atom. The van der Waals surface area contributed by atoms with E-state index in [0.717, 1.165) is 65.4 Å². The summed E-state index contributed by atoms with van der Waals surface area (Å²) in [5, 5.41) is 15.4. The number of hydrogen-bond acceptors (Lipinski definition) is 7. The molecule has 5 rings (SSSR count). The Labute approximate surface area is 226 Å². The highest BCUT2D eigenvalue weighted by atomic mass is 15.1. The molecule has 0 spiro atoms. The van der Waals surface area contributed by atoms with Crippen molar-refractivity contribution in [1.82, 2.24) is 25.1 Å². The first kappa shape index (κ1) is 27.1. The molecule has 200 valence electrons. The molecule has 3 aromatic heterocycles. The van der Waals surface area contributed by atoms with E-state index in [1.54, 1.807) is 6.20 Å². The second-order valence-corrected chi connectivity index (χ2v) is 9.58. The van der Waals surface area contributed by atoms with Crippen LogP contribution in [-0.4, -0.2) is 65.3 Å². The summed E-state index contributed by atoms with van der Waals surface area (Å²) >= 11 is 0. The standard InChI is InChI=1S/C28H34N8.C2H6/c1-20(32-23-8-10-27(31-18-23)30-11-14-35(2)3)28-25-16-21(7-9-26(25)33-34-28)22-15-24(19-29-17-22)36-12-5-4-6-13-36;1-2/h7-10,15-19,32H,1,4-6,11-14H2,2-3H3,(H,30,31)(H,33,34);1-2H3. The number of hydrogen-bond donors (Lipinski definition) is 3. The minimum absolute atomic E-state index is 0.716. The van der Waals surface area contributed by atoms with Gasteiger partial charge in [-0.2, -0.15) is 5.10 Å². The van der Waals surface area contributed by atoms with Crippen LogP contribution in [0.1, 0.15) is 38.8 Å². The third kappa shape index (κ3) is 6.69. The average molecular weight is 513 g/mol. The van der Waals surface area contributed by atoms with E-state index in [4.69, 9.17) is 0 Å². The van der Waals surface area contributed by atoms with Crippen LogP contribution in [0.25, 0.3) is 27.7 Å². The molecule has 1 aromatic carbocycles. The van der Waals surface area contributed by atoms with Crippen LogP contribution in [0.5, 0.6) is 0 Å². The molecule has 4 heterocycles. The fraction of sp³-hybridized carbons (Fsp3) is 0.367. The topological polar surface area (TPSA) is 85.0 Å². The number of nitrogens with zero attached hydrogens (tertiary/aromatic N) is 5. The van der Waals surface area contributed by atoms with Gasteiger partial charge < -0.3 is 20.4 Å². The summed E-state index contributed by atoms with van der Waals surface area (Å²) in [6.45, 7) is 12.2. The average Bonchev–Trinajstić information content (AvgIpc) is 3.39. The maximum atomic E-state index is 4.54. The van der Waals surface area contributed by atoms with E-state index in [2.05, 4.69) is 85.5 Å². The molecule has 1 aliphatic heterocycles. The number of likely N-dealkylation sites (N-methyl/N-ethyl adjacent to an activating group) is 1. The van der Waals surface area contributed by atoms with E-state index < -0.39 is 0 Å². The van der Waals surface area contributed by atoms with E-state index in [-0.39, 0.29) is 0 Å². The Balaban J connectivity index is 0.00000164. The normalized spacial score (nSPS) is 13.2. The first-order valence-corrected chi connectivity index (χ1v) is 13.6. The molecule has 1 saturated heterocycles. The van der Waals surface area contributed by atoms with Crippen molar-refractivity contribution in [2.75, 3.05) is 55.8 Å². The van der Waals surface area contributed by atoms with Gasteiger partial charge in [0.05, 0.1) is 35.0 Å². The SMILES string of the molecule is C=C(Nc1ccc(NCCN(C)C)nc1)c1n[nH]c2ccc(-c3cncc(N4CCCCC4)c3)cc12.CC. The van der Waals surface area contributed by atoms with Crippen molar-refractivity contribution in [3.63, 3.8) is 0 Å². The zero-order chi connectivity index (χ0) is 26.9. The lowest BCUT2D eigenvalue weighted by Crippen LogP contribution is -2.29. The second kappa shape index (κ2) is 13.1. The monoisotopic (exact) mass is 512 g/mol. The van der Waals surface area contributed by atoms with Gasteiger partial charge in [0.15, 0.2) is 0 Å². The second-order valence-electron chi connectivity index (χ2n) is 9.58. The van der Waals surface area contributed by atoms with Crippen LogP contribution < -0.4 is 15.5 Å². The van der Waals surface area contributed by atoms with Gasteiger partial charge in [-0.05, 0) is 69.3 Å². The van der Waals surface area contributed by atoms with Crippen LogP contribution >= 0.6 is 0 Å². The lowest BCUT2D eigenvalue weighted by molar-refractivity contribution is 0.425. The van der Waals surface area contributed by atoms with Gasteiger partial charge >= 0.3 is 0 Å². The van der Waals surface area contributed by atoms with Gasteiger partial charge in [-0.1, -0.05) is 26.5 Å². The number of nitrogens with one attached hydrogen (secondary N) is 3. The molecule has 4 aromatic rings. The maximum absolute atomic E-state index is 4.54. The first-order valence-electron chi connectivity index (χ1n) is 13.6. The highest BCUT2D eigenvalue weighted by Crippen LogP contribution is 2.30. The van der Waals surface area contributed by atoms with Gasteiger partial charge in [-0.25, -0.2) is 4.98 Å². The quantitative estimate of drug-likeness (QED) is 0.250. The van der Waals surface area contributed by atoms with Gasteiger partial charge in [-0.15, -0.1) is 0 Å². The van der Waals surface area contributed by atoms with E-state index in [1.807, 2.05) is 38.4 Å². The number of aromatic nitrogens is 4. The molecule has 0 atom stereocenters. The number of benzene rings is 1. The van der Waals surface area contributed by atoms with Crippen molar-refractivity contribution >= 4 is 33.8 Å². The highest BCUT2D eigenvalue weighted by molar-refractivity contribution is 5.95. The Kier molecular flexibility index (Phi) is 9.32. The molecule has 1 fully saturated rings. The number of H-pyrrole nitrogens is 1. The number of anilines is 3. The van der Waals surface area contributed by atoms with Crippen LogP contribution in [0.15, 0.2) is 61.6 Å². The smallest absolute Gasteiger partial charge is 0.126 e. The van der Waals surface area contributed by atoms with Crippen LogP contribution in [0, 0.1) is 0 Å². The van der Waals surface area contributed by atoms with Gasteiger partial charge in [-0.3, -0.25) is 10.1 Å². The predicted molar refractivity (Wildman–Crippen MR) is 161 cm³/mol. The molecule has 1 aliphatic rings. The number of rotatable bonds is 9. The molecule has 38 heavy (non-hydrogen) atoms. The summed E-state index contributed by atoms with van der Waals surface area (Å²) in [5.41, 5.74) is 6.75. The number of piperidine rings is 1. The zero-order valence-electron chi connectivity index (χ0n) is 23.1. The number of fused-ring (bicyclic) bond motifs is 1.